The minimum atomic E-state index is -0.559. The second-order valence-electron chi connectivity index (χ2n) is 3.34. The fraction of sp³-hybridized carbons (Fsp3) is 0.0909. The van der Waals surface area contributed by atoms with Gasteiger partial charge < -0.3 is 16.2 Å². The first-order chi connectivity index (χ1) is 8.18. The van der Waals surface area contributed by atoms with Crippen molar-refractivity contribution in [3.8, 4) is 5.75 Å². The van der Waals surface area contributed by atoms with E-state index in [2.05, 4.69) is 4.98 Å². The molecule has 0 saturated heterocycles. The molecule has 88 valence electrons. The summed E-state index contributed by atoms with van der Waals surface area (Å²) in [7, 11) is 0. The fourth-order valence-electron chi connectivity index (χ4n) is 1.37. The van der Waals surface area contributed by atoms with E-state index in [1.54, 1.807) is 29.9 Å². The lowest BCUT2D eigenvalue weighted by Gasteiger charge is -2.10. The van der Waals surface area contributed by atoms with E-state index >= 15 is 0 Å². The summed E-state index contributed by atoms with van der Waals surface area (Å²) in [6.45, 7) is 0.319. The van der Waals surface area contributed by atoms with Crippen molar-refractivity contribution < 1.29 is 9.53 Å². The predicted octanol–water partition coefficient (Wildman–Crippen LogP) is 1.40. The van der Waals surface area contributed by atoms with Gasteiger partial charge in [0.05, 0.1) is 21.6 Å². The Kier molecular flexibility index (Phi) is 3.24. The number of anilines is 1. The quantitative estimate of drug-likeness (QED) is 0.801. The van der Waals surface area contributed by atoms with Crippen LogP contribution in [0.4, 0.5) is 5.69 Å². The van der Waals surface area contributed by atoms with E-state index < -0.39 is 5.91 Å². The molecule has 1 heterocycles. The number of nitrogen functional groups attached to an aromatic ring is 1. The number of para-hydroxylation sites is 1. The van der Waals surface area contributed by atoms with Crippen LogP contribution in [0.5, 0.6) is 5.75 Å². The zero-order chi connectivity index (χ0) is 12.3. The number of primary amides is 1. The molecule has 0 aliphatic rings. The monoisotopic (exact) mass is 249 g/mol. The standard InChI is InChI=1S/C11H11N3O2S/c12-9-3-1-2-8(11(13)15)10(9)16-5-7-4-14-6-17-7/h1-4,6H,5,12H2,(H2,13,15). The molecule has 6 heteroatoms. The largest absolute Gasteiger partial charge is 0.485 e. The van der Waals surface area contributed by atoms with Gasteiger partial charge in [0.15, 0.2) is 5.75 Å². The van der Waals surface area contributed by atoms with E-state index in [0.29, 0.717) is 18.0 Å². The third-order valence-electron chi connectivity index (χ3n) is 2.15. The van der Waals surface area contributed by atoms with Crippen LogP contribution in [0.2, 0.25) is 0 Å². The summed E-state index contributed by atoms with van der Waals surface area (Å²) >= 11 is 1.47. The van der Waals surface area contributed by atoms with E-state index in [4.69, 9.17) is 16.2 Å². The van der Waals surface area contributed by atoms with Crippen LogP contribution in [0.3, 0.4) is 0 Å². The van der Waals surface area contributed by atoms with Gasteiger partial charge >= 0.3 is 0 Å². The number of nitrogens with two attached hydrogens (primary N) is 2. The van der Waals surface area contributed by atoms with Gasteiger partial charge in [0.2, 0.25) is 0 Å². The Balaban J connectivity index is 2.22. The average molecular weight is 249 g/mol. The van der Waals surface area contributed by atoms with Crippen LogP contribution in [0.15, 0.2) is 29.9 Å². The van der Waals surface area contributed by atoms with Crippen LogP contribution in [-0.4, -0.2) is 10.9 Å². The van der Waals surface area contributed by atoms with Crippen LogP contribution in [0.1, 0.15) is 15.2 Å². The number of nitrogens with zero attached hydrogens (tertiary/aromatic N) is 1. The second-order valence-corrected chi connectivity index (χ2v) is 4.32. The number of ether oxygens (including phenoxy) is 1. The Morgan fingerprint density at radius 3 is 2.94 bits per heavy atom. The third kappa shape index (κ3) is 2.54. The Morgan fingerprint density at radius 1 is 1.47 bits per heavy atom. The van der Waals surface area contributed by atoms with Gasteiger partial charge in [-0.2, -0.15) is 0 Å². The van der Waals surface area contributed by atoms with E-state index in [0.717, 1.165) is 4.88 Å². The van der Waals surface area contributed by atoms with Gasteiger partial charge in [0, 0.05) is 6.20 Å². The van der Waals surface area contributed by atoms with Crippen molar-refractivity contribution in [2.24, 2.45) is 5.73 Å². The molecule has 17 heavy (non-hydrogen) atoms. The lowest BCUT2D eigenvalue weighted by Crippen LogP contribution is -2.14. The Morgan fingerprint density at radius 2 is 2.29 bits per heavy atom. The molecule has 4 N–H and O–H groups in total. The molecule has 0 radical (unpaired) electrons. The third-order valence-corrected chi connectivity index (χ3v) is 2.91. The number of thiazole rings is 1. The van der Waals surface area contributed by atoms with E-state index in [1.807, 2.05) is 0 Å². The summed E-state index contributed by atoms with van der Waals surface area (Å²) in [5.74, 6) is -0.231. The van der Waals surface area contributed by atoms with Gasteiger partial charge in [-0.1, -0.05) is 6.07 Å². The summed E-state index contributed by atoms with van der Waals surface area (Å²) in [6, 6.07) is 4.91. The lowest BCUT2D eigenvalue weighted by atomic mass is 10.1. The normalized spacial score (nSPS) is 10.1. The molecule has 0 fully saturated rings. The van der Waals surface area contributed by atoms with Crippen molar-refractivity contribution in [2.45, 2.75) is 6.61 Å². The van der Waals surface area contributed by atoms with Crippen molar-refractivity contribution in [2.75, 3.05) is 5.73 Å². The molecule has 0 aliphatic carbocycles. The highest BCUT2D eigenvalue weighted by Crippen LogP contribution is 2.27. The molecule has 2 aromatic rings. The van der Waals surface area contributed by atoms with Crippen LogP contribution >= 0.6 is 11.3 Å². The Labute approximate surface area is 102 Å². The molecule has 2 rings (SSSR count). The first kappa shape index (κ1) is 11.4. The van der Waals surface area contributed by atoms with Crippen LogP contribution in [0, 0.1) is 0 Å². The van der Waals surface area contributed by atoms with Crippen molar-refractivity contribution in [1.82, 2.24) is 4.98 Å². The van der Waals surface area contributed by atoms with Gasteiger partial charge in [-0.15, -0.1) is 11.3 Å². The summed E-state index contributed by atoms with van der Waals surface area (Å²) in [6.07, 6.45) is 1.70. The molecule has 5 nitrogen and oxygen atoms in total. The molecule has 0 bridgehead atoms. The molecule has 0 atom stereocenters. The number of amides is 1. The number of aromatic nitrogens is 1. The van der Waals surface area contributed by atoms with Crippen LogP contribution in [0.25, 0.3) is 0 Å². The average Bonchev–Trinajstić information content (AvgIpc) is 2.80. The minimum Gasteiger partial charge on any atom is -0.485 e. The van der Waals surface area contributed by atoms with E-state index in [1.165, 1.54) is 11.3 Å². The Bertz CT molecular complexity index is 526. The van der Waals surface area contributed by atoms with Gasteiger partial charge in [-0.25, -0.2) is 0 Å². The highest BCUT2D eigenvalue weighted by Gasteiger charge is 2.12. The maximum absolute atomic E-state index is 11.2. The Hall–Kier alpha value is -2.08. The predicted molar refractivity (Wildman–Crippen MR) is 65.8 cm³/mol. The second kappa shape index (κ2) is 4.84. The highest BCUT2D eigenvalue weighted by molar-refractivity contribution is 7.09. The summed E-state index contributed by atoms with van der Waals surface area (Å²) < 4.78 is 5.52. The van der Waals surface area contributed by atoms with Crippen molar-refractivity contribution in [1.29, 1.82) is 0 Å². The molecule has 0 spiro atoms. The fourth-order valence-corrected chi connectivity index (χ4v) is 1.87. The van der Waals surface area contributed by atoms with Gasteiger partial charge in [0.25, 0.3) is 5.91 Å². The van der Waals surface area contributed by atoms with E-state index in [-0.39, 0.29) is 5.56 Å². The smallest absolute Gasteiger partial charge is 0.252 e. The number of hydrogen-bond donors (Lipinski definition) is 2. The van der Waals surface area contributed by atoms with Crippen LogP contribution < -0.4 is 16.2 Å². The number of benzene rings is 1. The highest BCUT2D eigenvalue weighted by atomic mass is 32.1. The number of carbonyl (C=O) groups is 1. The summed E-state index contributed by atoms with van der Waals surface area (Å²) in [5.41, 5.74) is 13.4. The first-order valence-corrected chi connectivity index (χ1v) is 5.75. The first-order valence-electron chi connectivity index (χ1n) is 4.87. The molecule has 1 aromatic carbocycles. The molecule has 0 aliphatic heterocycles. The van der Waals surface area contributed by atoms with Crippen molar-refractivity contribution >= 4 is 22.9 Å². The maximum atomic E-state index is 11.2. The lowest BCUT2D eigenvalue weighted by molar-refractivity contribution is 0.0996. The number of rotatable bonds is 4. The van der Waals surface area contributed by atoms with Crippen LogP contribution in [-0.2, 0) is 6.61 Å². The topological polar surface area (TPSA) is 91.2 Å². The molecule has 0 saturated carbocycles. The maximum Gasteiger partial charge on any atom is 0.252 e. The zero-order valence-electron chi connectivity index (χ0n) is 8.92. The van der Waals surface area contributed by atoms with Crippen molar-refractivity contribution in [3.05, 3.63) is 40.3 Å². The molecule has 0 unspecified atom stereocenters. The zero-order valence-corrected chi connectivity index (χ0v) is 9.74. The van der Waals surface area contributed by atoms with Gasteiger partial charge in [0.1, 0.15) is 6.61 Å². The molecule has 1 aromatic heterocycles. The van der Waals surface area contributed by atoms with Gasteiger partial charge in [-0.05, 0) is 12.1 Å². The summed E-state index contributed by atoms with van der Waals surface area (Å²) in [5, 5.41) is 0. The summed E-state index contributed by atoms with van der Waals surface area (Å²) in [4.78, 5) is 16.1. The molecule has 1 amide bonds. The number of hydrogen-bond acceptors (Lipinski definition) is 5. The van der Waals surface area contributed by atoms with Gasteiger partial charge in [-0.3, -0.25) is 9.78 Å². The van der Waals surface area contributed by atoms with Crippen molar-refractivity contribution in [3.63, 3.8) is 0 Å². The van der Waals surface area contributed by atoms with E-state index in [9.17, 15) is 4.79 Å². The molecular weight excluding hydrogens is 238 g/mol. The number of carbonyl (C=O) groups excluding carboxylic acids is 1. The minimum absolute atomic E-state index is 0.287. The SMILES string of the molecule is NC(=O)c1cccc(N)c1OCc1cncs1. The molecular formula is C11H11N3O2S.